The Labute approximate surface area is 183 Å². The van der Waals surface area contributed by atoms with Crippen LogP contribution >= 0.6 is 35.6 Å². The van der Waals surface area contributed by atoms with Gasteiger partial charge < -0.3 is 20.1 Å². The molecule has 5 nitrogen and oxygen atoms in total. The Kier molecular flexibility index (Phi) is 11.9. The Morgan fingerprint density at radius 1 is 1.04 bits per heavy atom. The standard InChI is InChI=1S/C20H26ClN3O2.HI/c1-22-20(23-10-9-16-5-3-7-18(21)13-16)24-15-17-6-4-8-19(14-17)26-12-11-25-2;/h3-8,13-14H,9-12,15H2,1-2H3,(H2,22,23,24);1H. The van der Waals surface area contributed by atoms with E-state index >= 15 is 0 Å². The normalized spacial score (nSPS) is 10.9. The lowest BCUT2D eigenvalue weighted by atomic mass is 10.1. The summed E-state index contributed by atoms with van der Waals surface area (Å²) in [5.74, 6) is 1.60. The summed E-state index contributed by atoms with van der Waals surface area (Å²) in [5, 5.41) is 7.38. The highest BCUT2D eigenvalue weighted by Crippen LogP contribution is 2.13. The predicted molar refractivity (Wildman–Crippen MR) is 123 cm³/mol. The van der Waals surface area contributed by atoms with E-state index in [9.17, 15) is 0 Å². The number of methoxy groups -OCH3 is 1. The second-order valence-corrected chi connectivity index (χ2v) is 6.16. The van der Waals surface area contributed by atoms with Crippen LogP contribution in [0.5, 0.6) is 5.75 Å². The van der Waals surface area contributed by atoms with E-state index < -0.39 is 0 Å². The first-order valence-corrected chi connectivity index (χ1v) is 8.98. The number of nitrogens with one attached hydrogen (secondary N) is 2. The van der Waals surface area contributed by atoms with Gasteiger partial charge in [0.25, 0.3) is 0 Å². The number of aliphatic imine (C=N–C) groups is 1. The molecule has 7 heteroatoms. The van der Waals surface area contributed by atoms with Gasteiger partial charge in [0.2, 0.25) is 0 Å². The van der Waals surface area contributed by atoms with E-state index in [0.717, 1.165) is 35.3 Å². The average Bonchev–Trinajstić information content (AvgIpc) is 2.65. The van der Waals surface area contributed by atoms with Crippen molar-refractivity contribution in [1.82, 2.24) is 10.6 Å². The molecule has 0 atom stereocenters. The summed E-state index contributed by atoms with van der Waals surface area (Å²) in [6, 6.07) is 15.9. The minimum Gasteiger partial charge on any atom is -0.491 e. The molecule has 0 saturated heterocycles. The minimum absolute atomic E-state index is 0. The van der Waals surface area contributed by atoms with Gasteiger partial charge in [0.05, 0.1) is 6.61 Å². The van der Waals surface area contributed by atoms with Crippen molar-refractivity contribution in [1.29, 1.82) is 0 Å². The van der Waals surface area contributed by atoms with Crippen molar-refractivity contribution in [3.8, 4) is 5.75 Å². The van der Waals surface area contributed by atoms with Gasteiger partial charge in [-0.2, -0.15) is 0 Å². The van der Waals surface area contributed by atoms with Crippen LogP contribution in [0.15, 0.2) is 53.5 Å². The Morgan fingerprint density at radius 2 is 1.81 bits per heavy atom. The first-order valence-electron chi connectivity index (χ1n) is 8.61. The van der Waals surface area contributed by atoms with Gasteiger partial charge in [-0.15, -0.1) is 24.0 Å². The molecule has 2 N–H and O–H groups in total. The maximum absolute atomic E-state index is 6.01. The fourth-order valence-electron chi connectivity index (χ4n) is 2.41. The quantitative estimate of drug-likeness (QED) is 0.236. The fourth-order valence-corrected chi connectivity index (χ4v) is 2.63. The van der Waals surface area contributed by atoms with E-state index in [4.69, 9.17) is 21.1 Å². The highest BCUT2D eigenvalue weighted by Gasteiger charge is 2.01. The van der Waals surface area contributed by atoms with Crippen LogP contribution in [0.1, 0.15) is 11.1 Å². The molecule has 2 aromatic carbocycles. The molecular weight excluding hydrogens is 477 g/mol. The molecule has 0 aliphatic carbocycles. The summed E-state index contributed by atoms with van der Waals surface area (Å²) in [6.45, 7) is 2.56. The van der Waals surface area contributed by atoms with Gasteiger partial charge >= 0.3 is 0 Å². The van der Waals surface area contributed by atoms with Gasteiger partial charge in [0.1, 0.15) is 12.4 Å². The maximum Gasteiger partial charge on any atom is 0.191 e. The predicted octanol–water partition coefficient (Wildman–Crippen LogP) is 3.89. The summed E-state index contributed by atoms with van der Waals surface area (Å²) < 4.78 is 10.6. The van der Waals surface area contributed by atoms with Crippen LogP contribution in [-0.2, 0) is 17.7 Å². The van der Waals surface area contributed by atoms with Crippen molar-refractivity contribution in [2.24, 2.45) is 4.99 Å². The summed E-state index contributed by atoms with van der Waals surface area (Å²) >= 11 is 6.01. The van der Waals surface area contributed by atoms with E-state index in [1.165, 1.54) is 5.56 Å². The van der Waals surface area contributed by atoms with Crippen LogP contribution in [0.4, 0.5) is 0 Å². The van der Waals surface area contributed by atoms with Gasteiger partial charge in [-0.25, -0.2) is 0 Å². The summed E-state index contributed by atoms with van der Waals surface area (Å²) in [7, 11) is 3.42. The molecule has 0 aliphatic heterocycles. The third-order valence-corrected chi connectivity index (χ3v) is 3.97. The molecule has 0 radical (unpaired) electrons. The van der Waals surface area contributed by atoms with Crippen molar-refractivity contribution in [3.05, 3.63) is 64.7 Å². The van der Waals surface area contributed by atoms with Crippen LogP contribution in [-0.4, -0.2) is 39.9 Å². The number of nitrogens with zero attached hydrogens (tertiary/aromatic N) is 1. The molecule has 0 aromatic heterocycles. The maximum atomic E-state index is 6.01. The van der Waals surface area contributed by atoms with E-state index in [2.05, 4.69) is 27.8 Å². The molecule has 0 amide bonds. The number of guanidine groups is 1. The Bertz CT molecular complexity index is 713. The molecule has 27 heavy (non-hydrogen) atoms. The van der Waals surface area contributed by atoms with Gasteiger partial charge in [-0.05, 0) is 41.8 Å². The average molecular weight is 504 g/mol. The summed E-state index contributed by atoms with van der Waals surface area (Å²) in [4.78, 5) is 4.26. The van der Waals surface area contributed by atoms with Gasteiger partial charge in [0, 0.05) is 32.3 Å². The molecule has 0 fully saturated rings. The van der Waals surface area contributed by atoms with Gasteiger partial charge in [-0.3, -0.25) is 4.99 Å². The minimum atomic E-state index is 0. The smallest absolute Gasteiger partial charge is 0.191 e. The largest absolute Gasteiger partial charge is 0.491 e. The topological polar surface area (TPSA) is 54.9 Å². The third kappa shape index (κ3) is 9.30. The van der Waals surface area contributed by atoms with Crippen molar-refractivity contribution >= 4 is 41.5 Å². The Balaban J connectivity index is 0.00000364. The zero-order valence-corrected chi connectivity index (χ0v) is 18.8. The summed E-state index contributed by atoms with van der Waals surface area (Å²) in [6.07, 6.45) is 0.879. The number of benzene rings is 2. The molecule has 0 saturated carbocycles. The third-order valence-electron chi connectivity index (χ3n) is 3.73. The van der Waals surface area contributed by atoms with Crippen LogP contribution in [0, 0.1) is 0 Å². The van der Waals surface area contributed by atoms with Crippen LogP contribution in [0.2, 0.25) is 5.02 Å². The number of rotatable bonds is 9. The highest BCUT2D eigenvalue weighted by atomic mass is 127. The monoisotopic (exact) mass is 503 g/mol. The molecule has 0 heterocycles. The second-order valence-electron chi connectivity index (χ2n) is 5.72. The molecule has 0 spiro atoms. The zero-order chi connectivity index (χ0) is 18.6. The van der Waals surface area contributed by atoms with Crippen LogP contribution in [0.3, 0.4) is 0 Å². The summed E-state index contributed by atoms with van der Waals surface area (Å²) in [5.41, 5.74) is 2.32. The number of hydrogen-bond donors (Lipinski definition) is 2. The Morgan fingerprint density at radius 3 is 2.56 bits per heavy atom. The lowest BCUT2D eigenvalue weighted by Crippen LogP contribution is -2.37. The fraction of sp³-hybridized carbons (Fsp3) is 0.350. The van der Waals surface area contributed by atoms with Crippen LogP contribution < -0.4 is 15.4 Å². The number of ether oxygens (including phenoxy) is 2. The molecule has 2 rings (SSSR count). The zero-order valence-electron chi connectivity index (χ0n) is 15.7. The second kappa shape index (κ2) is 13.6. The molecular formula is C20H27ClIN3O2. The van der Waals surface area contributed by atoms with Crippen molar-refractivity contribution in [2.45, 2.75) is 13.0 Å². The van der Waals surface area contributed by atoms with Crippen molar-refractivity contribution in [2.75, 3.05) is 33.9 Å². The van der Waals surface area contributed by atoms with Crippen LogP contribution in [0.25, 0.3) is 0 Å². The lowest BCUT2D eigenvalue weighted by molar-refractivity contribution is 0.146. The first kappa shape index (κ1) is 23.5. The Hall–Kier alpha value is -1.51. The first-order chi connectivity index (χ1) is 12.7. The molecule has 148 valence electrons. The molecule has 0 aliphatic rings. The van der Waals surface area contributed by atoms with E-state index in [1.807, 2.05) is 36.4 Å². The van der Waals surface area contributed by atoms with Gasteiger partial charge in [0.15, 0.2) is 5.96 Å². The molecule has 0 bridgehead atoms. The van der Waals surface area contributed by atoms with E-state index in [0.29, 0.717) is 19.8 Å². The number of halogens is 2. The van der Waals surface area contributed by atoms with Gasteiger partial charge in [-0.1, -0.05) is 35.9 Å². The van der Waals surface area contributed by atoms with E-state index in [1.54, 1.807) is 14.2 Å². The van der Waals surface area contributed by atoms with Crippen molar-refractivity contribution in [3.63, 3.8) is 0 Å². The number of hydrogen-bond acceptors (Lipinski definition) is 3. The van der Waals surface area contributed by atoms with E-state index in [-0.39, 0.29) is 24.0 Å². The highest BCUT2D eigenvalue weighted by molar-refractivity contribution is 14.0. The molecule has 0 unspecified atom stereocenters. The SMILES string of the molecule is CN=C(NCCc1cccc(Cl)c1)NCc1cccc(OCCOC)c1.I. The molecule has 2 aromatic rings. The lowest BCUT2D eigenvalue weighted by Gasteiger charge is -2.13. The van der Waals surface area contributed by atoms with Crippen molar-refractivity contribution < 1.29 is 9.47 Å².